The minimum absolute atomic E-state index is 0.0250. The maximum Gasteiger partial charge on any atom is 0.258 e. The van der Waals surface area contributed by atoms with E-state index >= 15 is 0 Å². The second-order valence-corrected chi connectivity index (χ2v) is 6.50. The molecule has 3 rings (SSSR count). The number of likely N-dealkylation sites (tertiary alicyclic amines) is 1. The van der Waals surface area contributed by atoms with Crippen LogP contribution in [-0.4, -0.2) is 34.2 Å². The summed E-state index contributed by atoms with van der Waals surface area (Å²) in [5.74, 6) is -0.299. The number of aryl methyl sites for hydroxylation is 1. The maximum atomic E-state index is 12.4. The maximum absolute atomic E-state index is 12.4. The molecule has 0 aliphatic carbocycles. The van der Waals surface area contributed by atoms with Crippen LogP contribution < -0.4 is 5.32 Å². The predicted molar refractivity (Wildman–Crippen MR) is 91.4 cm³/mol. The Morgan fingerprint density at radius 2 is 2.04 bits per heavy atom. The summed E-state index contributed by atoms with van der Waals surface area (Å²) >= 11 is 7.38. The molecule has 0 radical (unpaired) electrons. The molecule has 5 nitrogen and oxygen atoms in total. The number of carbonyl (C=O) groups excluding carboxylic acids is 2. The van der Waals surface area contributed by atoms with Crippen LogP contribution in [0, 0.1) is 6.92 Å². The Morgan fingerprint density at radius 3 is 2.70 bits per heavy atom. The Labute approximate surface area is 143 Å². The van der Waals surface area contributed by atoms with Gasteiger partial charge < -0.3 is 10.2 Å². The van der Waals surface area contributed by atoms with Gasteiger partial charge >= 0.3 is 0 Å². The summed E-state index contributed by atoms with van der Waals surface area (Å²) < 4.78 is 4.09. The Bertz CT molecular complexity index is 754. The van der Waals surface area contributed by atoms with Crippen LogP contribution in [0.5, 0.6) is 0 Å². The summed E-state index contributed by atoms with van der Waals surface area (Å²) in [4.78, 5) is 26.5. The summed E-state index contributed by atoms with van der Waals surface area (Å²) in [6.45, 7) is 3.34. The average molecular weight is 350 g/mol. The summed E-state index contributed by atoms with van der Waals surface area (Å²) in [6.07, 6.45) is 2.07. The fourth-order valence-corrected chi connectivity index (χ4v) is 3.41. The summed E-state index contributed by atoms with van der Waals surface area (Å²) in [5.41, 5.74) is 2.16. The molecule has 1 aliphatic heterocycles. The van der Waals surface area contributed by atoms with Gasteiger partial charge in [0.05, 0.1) is 22.0 Å². The fraction of sp³-hybridized carbons (Fsp3) is 0.312. The van der Waals surface area contributed by atoms with Gasteiger partial charge in [0.2, 0.25) is 0 Å². The van der Waals surface area contributed by atoms with E-state index in [0.717, 1.165) is 25.9 Å². The highest BCUT2D eigenvalue weighted by atomic mass is 35.5. The number of amides is 2. The topological polar surface area (TPSA) is 62.3 Å². The zero-order valence-corrected chi connectivity index (χ0v) is 14.2. The van der Waals surface area contributed by atoms with E-state index in [1.807, 2.05) is 4.90 Å². The zero-order chi connectivity index (χ0) is 16.4. The standard InChI is InChI=1S/C16H16ClN3O2S/c1-10-12(9-23-19-10)15(21)18-14-8-11(4-5-13(14)17)16(22)20-6-2-3-7-20/h4-5,8-9H,2-3,6-7H2,1H3,(H,18,21). The SMILES string of the molecule is Cc1nscc1C(=O)Nc1cc(C(=O)N2CCCC2)ccc1Cl. The molecule has 0 unspecified atom stereocenters. The third-order valence-corrected chi connectivity index (χ3v) is 4.90. The van der Waals surface area contributed by atoms with Crippen molar-refractivity contribution in [2.75, 3.05) is 18.4 Å². The number of hydrogen-bond acceptors (Lipinski definition) is 4. The average Bonchev–Trinajstić information content (AvgIpc) is 3.20. The van der Waals surface area contributed by atoms with Crippen molar-refractivity contribution < 1.29 is 9.59 Å². The number of benzene rings is 1. The van der Waals surface area contributed by atoms with Crippen molar-refractivity contribution in [3.63, 3.8) is 0 Å². The van der Waals surface area contributed by atoms with Crippen molar-refractivity contribution in [1.82, 2.24) is 9.27 Å². The lowest BCUT2D eigenvalue weighted by Gasteiger charge is -2.16. The molecule has 2 heterocycles. The molecular formula is C16H16ClN3O2S. The lowest BCUT2D eigenvalue weighted by atomic mass is 10.1. The molecule has 1 aromatic carbocycles. The smallest absolute Gasteiger partial charge is 0.258 e. The van der Waals surface area contributed by atoms with Gasteiger partial charge in [-0.15, -0.1) is 0 Å². The molecule has 2 amide bonds. The second kappa shape index (κ2) is 6.68. The highest BCUT2D eigenvalue weighted by Gasteiger charge is 2.21. The Hall–Kier alpha value is -1.92. The second-order valence-electron chi connectivity index (χ2n) is 5.46. The van der Waals surface area contributed by atoms with Gasteiger partial charge in [-0.2, -0.15) is 4.37 Å². The normalized spacial score (nSPS) is 14.1. The van der Waals surface area contributed by atoms with Gasteiger partial charge in [-0.1, -0.05) is 11.6 Å². The number of rotatable bonds is 3. The first-order valence-corrected chi connectivity index (χ1v) is 8.59. The number of nitrogens with zero attached hydrogens (tertiary/aromatic N) is 2. The van der Waals surface area contributed by atoms with Crippen LogP contribution in [0.25, 0.3) is 0 Å². The number of anilines is 1. The Morgan fingerprint density at radius 1 is 1.30 bits per heavy atom. The number of hydrogen-bond donors (Lipinski definition) is 1. The highest BCUT2D eigenvalue weighted by molar-refractivity contribution is 7.04. The molecule has 1 aliphatic rings. The van der Waals surface area contributed by atoms with Crippen LogP contribution in [0.3, 0.4) is 0 Å². The molecule has 2 aromatic rings. The number of aromatic nitrogens is 1. The molecule has 1 aromatic heterocycles. The lowest BCUT2D eigenvalue weighted by molar-refractivity contribution is 0.0792. The van der Waals surface area contributed by atoms with Crippen molar-refractivity contribution in [3.8, 4) is 0 Å². The molecule has 0 atom stereocenters. The van der Waals surface area contributed by atoms with Crippen LogP contribution >= 0.6 is 23.1 Å². The monoisotopic (exact) mass is 349 g/mol. The minimum atomic E-state index is -0.274. The quantitative estimate of drug-likeness (QED) is 0.921. The molecule has 1 fully saturated rings. The van der Waals surface area contributed by atoms with Gasteiger partial charge in [0.25, 0.3) is 11.8 Å². The van der Waals surface area contributed by atoms with Gasteiger partial charge in [-0.3, -0.25) is 9.59 Å². The first-order valence-electron chi connectivity index (χ1n) is 7.37. The predicted octanol–water partition coefficient (Wildman–Crippen LogP) is 3.59. The Balaban J connectivity index is 1.82. The van der Waals surface area contributed by atoms with Crippen LogP contribution in [0.2, 0.25) is 5.02 Å². The van der Waals surface area contributed by atoms with E-state index in [1.165, 1.54) is 11.5 Å². The van der Waals surface area contributed by atoms with E-state index in [4.69, 9.17) is 11.6 Å². The molecule has 120 valence electrons. The molecule has 1 N–H and O–H groups in total. The van der Waals surface area contributed by atoms with Crippen molar-refractivity contribution in [2.24, 2.45) is 0 Å². The van der Waals surface area contributed by atoms with E-state index in [9.17, 15) is 9.59 Å². The number of carbonyl (C=O) groups is 2. The van der Waals surface area contributed by atoms with Crippen molar-refractivity contribution in [1.29, 1.82) is 0 Å². The molecule has 1 saturated heterocycles. The molecular weight excluding hydrogens is 334 g/mol. The summed E-state index contributed by atoms with van der Waals surface area (Å²) in [7, 11) is 0. The molecule has 0 bridgehead atoms. The molecule has 0 saturated carbocycles. The van der Waals surface area contributed by atoms with E-state index in [-0.39, 0.29) is 11.8 Å². The zero-order valence-electron chi connectivity index (χ0n) is 12.6. The molecule has 23 heavy (non-hydrogen) atoms. The van der Waals surface area contributed by atoms with Crippen molar-refractivity contribution in [2.45, 2.75) is 19.8 Å². The summed E-state index contributed by atoms with van der Waals surface area (Å²) in [6, 6.07) is 4.96. The lowest BCUT2D eigenvalue weighted by Crippen LogP contribution is -2.27. The molecule has 0 spiro atoms. The largest absolute Gasteiger partial charge is 0.339 e. The van der Waals surface area contributed by atoms with Crippen LogP contribution in [-0.2, 0) is 0 Å². The van der Waals surface area contributed by atoms with Crippen LogP contribution in [0.4, 0.5) is 5.69 Å². The van der Waals surface area contributed by atoms with Gasteiger partial charge in [-0.25, -0.2) is 0 Å². The number of halogens is 1. The van der Waals surface area contributed by atoms with E-state index in [1.54, 1.807) is 30.5 Å². The Kier molecular flexibility index (Phi) is 4.63. The van der Waals surface area contributed by atoms with Crippen LogP contribution in [0.15, 0.2) is 23.6 Å². The summed E-state index contributed by atoms with van der Waals surface area (Å²) in [5, 5.41) is 4.86. The minimum Gasteiger partial charge on any atom is -0.339 e. The van der Waals surface area contributed by atoms with Crippen molar-refractivity contribution >= 4 is 40.6 Å². The van der Waals surface area contributed by atoms with Gasteiger partial charge in [-0.05, 0) is 49.5 Å². The highest BCUT2D eigenvalue weighted by Crippen LogP contribution is 2.25. The first-order chi connectivity index (χ1) is 11.1. The van der Waals surface area contributed by atoms with Gasteiger partial charge in [0, 0.05) is 24.0 Å². The van der Waals surface area contributed by atoms with Crippen LogP contribution in [0.1, 0.15) is 39.3 Å². The first kappa shape index (κ1) is 16.0. The van der Waals surface area contributed by atoms with Gasteiger partial charge in [0.1, 0.15) is 0 Å². The third-order valence-electron chi connectivity index (χ3n) is 3.85. The number of nitrogens with one attached hydrogen (secondary N) is 1. The molecule has 7 heteroatoms. The van der Waals surface area contributed by atoms with E-state index in [0.29, 0.717) is 27.5 Å². The van der Waals surface area contributed by atoms with E-state index < -0.39 is 0 Å². The van der Waals surface area contributed by atoms with E-state index in [2.05, 4.69) is 9.69 Å². The van der Waals surface area contributed by atoms with Gasteiger partial charge in [0.15, 0.2) is 0 Å². The fourth-order valence-electron chi connectivity index (χ4n) is 2.56. The third kappa shape index (κ3) is 3.38. The van der Waals surface area contributed by atoms with Crippen molar-refractivity contribution in [3.05, 3.63) is 45.4 Å².